The van der Waals surface area contributed by atoms with E-state index in [1.54, 1.807) is 16.7 Å². The molecule has 0 aromatic heterocycles. The van der Waals surface area contributed by atoms with Crippen molar-refractivity contribution in [3.8, 4) is 0 Å². The number of halogens is 1. The second kappa shape index (κ2) is 6.63. The molecule has 2 rings (SSSR count). The van der Waals surface area contributed by atoms with Crippen molar-refractivity contribution in [2.45, 2.75) is 25.9 Å². The summed E-state index contributed by atoms with van der Waals surface area (Å²) in [6, 6.07) is -0.0336. The minimum atomic E-state index is -0.252. The predicted octanol–water partition coefficient (Wildman–Crippen LogP) is 0.150. The van der Waals surface area contributed by atoms with E-state index in [4.69, 9.17) is 0 Å². The van der Waals surface area contributed by atoms with Gasteiger partial charge in [0.1, 0.15) is 6.04 Å². The van der Waals surface area contributed by atoms with Crippen LogP contribution >= 0.6 is 24.2 Å². The van der Waals surface area contributed by atoms with Crippen molar-refractivity contribution in [3.05, 3.63) is 0 Å². The monoisotopic (exact) mass is 293 g/mol. The molecule has 2 atom stereocenters. The highest BCUT2D eigenvalue weighted by molar-refractivity contribution is 7.99. The summed E-state index contributed by atoms with van der Waals surface area (Å²) in [6.45, 7) is 6.01. The molecular formula is C11H20ClN3O2S. The molecular weight excluding hydrogens is 274 g/mol. The Bertz CT molecular complexity index is 329. The summed E-state index contributed by atoms with van der Waals surface area (Å²) in [7, 11) is 0. The molecule has 0 bridgehead atoms. The zero-order valence-electron chi connectivity index (χ0n) is 10.7. The molecule has 18 heavy (non-hydrogen) atoms. The Kier molecular flexibility index (Phi) is 5.75. The van der Waals surface area contributed by atoms with Gasteiger partial charge in [-0.2, -0.15) is 0 Å². The van der Waals surface area contributed by atoms with Gasteiger partial charge in [0.25, 0.3) is 0 Å². The van der Waals surface area contributed by atoms with Crippen LogP contribution in [0.4, 0.5) is 0 Å². The predicted molar refractivity (Wildman–Crippen MR) is 74.9 cm³/mol. The number of carbonyl (C=O) groups excluding carboxylic acids is 2. The van der Waals surface area contributed by atoms with Gasteiger partial charge in [0.2, 0.25) is 11.8 Å². The van der Waals surface area contributed by atoms with Crippen LogP contribution in [-0.4, -0.2) is 65.0 Å². The zero-order chi connectivity index (χ0) is 12.4. The second-order valence-corrected chi connectivity index (χ2v) is 5.59. The van der Waals surface area contributed by atoms with E-state index in [0.29, 0.717) is 5.88 Å². The molecule has 5 nitrogen and oxygen atoms in total. The first-order valence-electron chi connectivity index (χ1n) is 5.97. The lowest BCUT2D eigenvalue weighted by atomic mass is 10.1. The van der Waals surface area contributed by atoms with E-state index in [-0.39, 0.29) is 36.3 Å². The van der Waals surface area contributed by atoms with Crippen LogP contribution in [0.1, 0.15) is 13.8 Å². The van der Waals surface area contributed by atoms with E-state index in [9.17, 15) is 9.59 Å². The second-order valence-electron chi connectivity index (χ2n) is 4.59. The number of hydrogen-bond donors (Lipinski definition) is 1. The Labute approximate surface area is 118 Å². The lowest BCUT2D eigenvalue weighted by Crippen LogP contribution is -2.57. The van der Waals surface area contributed by atoms with Gasteiger partial charge < -0.3 is 15.1 Å². The SMILES string of the molecule is CC(=O)N1CSCC1C(=O)N1CCNC[C@@H]1C.Cl. The van der Waals surface area contributed by atoms with E-state index in [1.165, 1.54) is 6.92 Å². The number of hydrogen-bond acceptors (Lipinski definition) is 4. The first-order valence-corrected chi connectivity index (χ1v) is 7.13. The minimum Gasteiger partial charge on any atom is -0.336 e. The average Bonchev–Trinajstić information content (AvgIpc) is 2.77. The molecule has 2 heterocycles. The van der Waals surface area contributed by atoms with E-state index >= 15 is 0 Å². The number of nitrogens with one attached hydrogen (secondary N) is 1. The minimum absolute atomic E-state index is 0. The lowest BCUT2D eigenvalue weighted by Gasteiger charge is -2.37. The molecule has 2 saturated heterocycles. The summed E-state index contributed by atoms with van der Waals surface area (Å²) in [5.41, 5.74) is 0. The fourth-order valence-electron chi connectivity index (χ4n) is 2.32. The van der Waals surface area contributed by atoms with Crippen molar-refractivity contribution in [1.29, 1.82) is 0 Å². The van der Waals surface area contributed by atoms with Gasteiger partial charge in [-0.25, -0.2) is 0 Å². The normalized spacial score (nSPS) is 27.9. The van der Waals surface area contributed by atoms with Crippen LogP contribution in [0.15, 0.2) is 0 Å². The molecule has 0 aromatic carbocycles. The lowest BCUT2D eigenvalue weighted by molar-refractivity contribution is -0.144. The topological polar surface area (TPSA) is 52.7 Å². The Hall–Kier alpha value is -0.460. The average molecular weight is 294 g/mol. The highest BCUT2D eigenvalue weighted by Crippen LogP contribution is 2.23. The van der Waals surface area contributed by atoms with Crippen LogP contribution < -0.4 is 5.32 Å². The van der Waals surface area contributed by atoms with E-state index < -0.39 is 0 Å². The highest BCUT2D eigenvalue weighted by Gasteiger charge is 2.37. The summed E-state index contributed by atoms with van der Waals surface area (Å²) >= 11 is 1.65. The van der Waals surface area contributed by atoms with Gasteiger partial charge in [-0.05, 0) is 6.92 Å². The number of rotatable bonds is 1. The highest BCUT2D eigenvalue weighted by atomic mass is 35.5. The first kappa shape index (κ1) is 15.6. The van der Waals surface area contributed by atoms with E-state index in [2.05, 4.69) is 5.32 Å². The van der Waals surface area contributed by atoms with E-state index in [1.807, 2.05) is 11.8 Å². The number of amides is 2. The maximum absolute atomic E-state index is 12.4. The Morgan fingerprint density at radius 2 is 2.06 bits per heavy atom. The van der Waals surface area contributed by atoms with Gasteiger partial charge in [-0.15, -0.1) is 24.2 Å². The molecule has 0 radical (unpaired) electrons. The molecule has 2 aliphatic heterocycles. The standard InChI is InChI=1S/C11H19N3O2S.ClH/c1-8-5-12-3-4-13(8)11(16)10-6-17-7-14(10)9(2)15;/h8,10,12H,3-7H2,1-2H3;1H/t8-,10?;/m0./s1. The molecule has 1 unspecified atom stereocenters. The van der Waals surface area contributed by atoms with Crippen molar-refractivity contribution in [1.82, 2.24) is 15.1 Å². The largest absolute Gasteiger partial charge is 0.336 e. The summed E-state index contributed by atoms with van der Waals surface area (Å²) in [5.74, 6) is 1.48. The number of piperazine rings is 1. The van der Waals surface area contributed by atoms with Crippen molar-refractivity contribution >= 4 is 36.0 Å². The Morgan fingerprint density at radius 3 is 2.67 bits per heavy atom. The van der Waals surface area contributed by atoms with Crippen molar-refractivity contribution in [2.75, 3.05) is 31.3 Å². The third-order valence-electron chi connectivity index (χ3n) is 3.36. The third-order valence-corrected chi connectivity index (χ3v) is 4.37. The fraction of sp³-hybridized carbons (Fsp3) is 0.818. The number of thioether (sulfide) groups is 1. The Balaban J connectivity index is 0.00000162. The summed E-state index contributed by atoms with van der Waals surface area (Å²) < 4.78 is 0. The maximum atomic E-state index is 12.4. The van der Waals surface area contributed by atoms with Crippen molar-refractivity contribution < 1.29 is 9.59 Å². The quantitative estimate of drug-likeness (QED) is 0.748. The molecule has 7 heteroatoms. The smallest absolute Gasteiger partial charge is 0.246 e. The molecule has 104 valence electrons. The molecule has 2 aliphatic rings. The van der Waals surface area contributed by atoms with Crippen molar-refractivity contribution in [2.24, 2.45) is 0 Å². The molecule has 2 fully saturated rings. The van der Waals surface area contributed by atoms with Crippen molar-refractivity contribution in [3.63, 3.8) is 0 Å². The van der Waals surface area contributed by atoms with Crippen LogP contribution in [0.5, 0.6) is 0 Å². The van der Waals surface area contributed by atoms with Gasteiger partial charge in [-0.3, -0.25) is 9.59 Å². The summed E-state index contributed by atoms with van der Waals surface area (Å²) in [5, 5.41) is 3.26. The van der Waals surface area contributed by atoms with Gasteiger partial charge in [0.15, 0.2) is 0 Å². The fourth-order valence-corrected chi connectivity index (χ4v) is 3.53. The van der Waals surface area contributed by atoms with Crippen LogP contribution in [0.2, 0.25) is 0 Å². The van der Waals surface area contributed by atoms with Gasteiger partial charge >= 0.3 is 0 Å². The zero-order valence-corrected chi connectivity index (χ0v) is 12.4. The molecule has 0 aromatic rings. The van der Waals surface area contributed by atoms with Crippen LogP contribution in [0, 0.1) is 0 Å². The third kappa shape index (κ3) is 3.10. The van der Waals surface area contributed by atoms with Crippen LogP contribution in [0.3, 0.4) is 0 Å². The first-order chi connectivity index (χ1) is 8.11. The van der Waals surface area contributed by atoms with E-state index in [0.717, 1.165) is 25.4 Å². The van der Waals surface area contributed by atoms with Crippen LogP contribution in [-0.2, 0) is 9.59 Å². The van der Waals surface area contributed by atoms with Crippen LogP contribution in [0.25, 0.3) is 0 Å². The summed E-state index contributed by atoms with van der Waals surface area (Å²) in [6.07, 6.45) is 0. The molecule has 0 aliphatic carbocycles. The molecule has 0 saturated carbocycles. The van der Waals surface area contributed by atoms with Gasteiger partial charge in [-0.1, -0.05) is 0 Å². The maximum Gasteiger partial charge on any atom is 0.246 e. The summed E-state index contributed by atoms with van der Waals surface area (Å²) in [4.78, 5) is 27.5. The molecule has 2 amide bonds. The molecule has 1 N–H and O–H groups in total. The Morgan fingerprint density at radius 1 is 1.33 bits per heavy atom. The number of nitrogens with zero attached hydrogens (tertiary/aromatic N) is 2. The van der Waals surface area contributed by atoms with Gasteiger partial charge in [0, 0.05) is 38.4 Å². The van der Waals surface area contributed by atoms with Gasteiger partial charge in [0.05, 0.1) is 5.88 Å². The molecule has 0 spiro atoms. The number of carbonyl (C=O) groups is 2.